The van der Waals surface area contributed by atoms with Crippen LogP contribution in [0.2, 0.25) is 0 Å². The minimum atomic E-state index is -0.474. The van der Waals surface area contributed by atoms with Crippen LogP contribution >= 0.6 is 11.3 Å². The standard InChI is InChI=1S/C13H13NO4S/c1-17-12(15)9-5-14-6-10(13(16)18-2)11(9)8-3-4-19-7-8/h3-7,11,14H,1-2H3. The van der Waals surface area contributed by atoms with Crippen molar-refractivity contribution in [2.45, 2.75) is 5.92 Å². The monoisotopic (exact) mass is 279 g/mol. The second-order valence-electron chi connectivity index (χ2n) is 3.84. The van der Waals surface area contributed by atoms with Gasteiger partial charge in [-0.2, -0.15) is 11.3 Å². The van der Waals surface area contributed by atoms with E-state index in [0.29, 0.717) is 11.1 Å². The molecule has 5 nitrogen and oxygen atoms in total. The third kappa shape index (κ3) is 2.53. The van der Waals surface area contributed by atoms with E-state index in [9.17, 15) is 9.59 Å². The third-order valence-corrected chi connectivity index (χ3v) is 3.52. The van der Waals surface area contributed by atoms with Gasteiger partial charge in [0.25, 0.3) is 0 Å². The lowest BCUT2D eigenvalue weighted by Crippen LogP contribution is -2.26. The summed E-state index contributed by atoms with van der Waals surface area (Å²) in [5, 5.41) is 6.57. The Hall–Kier alpha value is -2.08. The Morgan fingerprint density at radius 3 is 2.16 bits per heavy atom. The van der Waals surface area contributed by atoms with E-state index < -0.39 is 17.9 Å². The van der Waals surface area contributed by atoms with E-state index in [1.54, 1.807) is 12.4 Å². The lowest BCUT2D eigenvalue weighted by atomic mass is 9.85. The van der Waals surface area contributed by atoms with E-state index in [0.717, 1.165) is 5.56 Å². The van der Waals surface area contributed by atoms with Gasteiger partial charge in [-0.15, -0.1) is 0 Å². The van der Waals surface area contributed by atoms with Crippen LogP contribution in [0.5, 0.6) is 0 Å². The van der Waals surface area contributed by atoms with E-state index >= 15 is 0 Å². The molecule has 1 aliphatic heterocycles. The van der Waals surface area contributed by atoms with Crippen LogP contribution in [0.3, 0.4) is 0 Å². The quantitative estimate of drug-likeness (QED) is 0.850. The van der Waals surface area contributed by atoms with Gasteiger partial charge in [0.1, 0.15) is 0 Å². The van der Waals surface area contributed by atoms with Gasteiger partial charge in [0.15, 0.2) is 0 Å². The smallest absolute Gasteiger partial charge is 0.336 e. The van der Waals surface area contributed by atoms with Gasteiger partial charge in [-0.1, -0.05) is 0 Å². The van der Waals surface area contributed by atoms with E-state index in [1.165, 1.54) is 25.6 Å². The number of carbonyl (C=O) groups excluding carboxylic acids is 2. The van der Waals surface area contributed by atoms with Gasteiger partial charge in [0, 0.05) is 12.4 Å². The van der Waals surface area contributed by atoms with Crippen LogP contribution in [0.15, 0.2) is 40.4 Å². The summed E-state index contributed by atoms with van der Waals surface area (Å²) in [6.07, 6.45) is 3.08. The maximum Gasteiger partial charge on any atom is 0.336 e. The van der Waals surface area contributed by atoms with Crippen molar-refractivity contribution >= 4 is 23.3 Å². The number of nitrogens with one attached hydrogen (secondary N) is 1. The lowest BCUT2D eigenvalue weighted by Gasteiger charge is -2.23. The van der Waals surface area contributed by atoms with E-state index in [4.69, 9.17) is 9.47 Å². The Kier molecular flexibility index (Phi) is 4.01. The minimum Gasteiger partial charge on any atom is -0.466 e. The SMILES string of the molecule is COC(=O)C1=CNC=C(C(=O)OC)C1c1ccsc1. The molecule has 1 aliphatic rings. The predicted molar refractivity (Wildman–Crippen MR) is 70.4 cm³/mol. The molecular formula is C13H13NO4S. The molecule has 1 N–H and O–H groups in total. The van der Waals surface area contributed by atoms with Crippen molar-refractivity contribution in [2.75, 3.05) is 14.2 Å². The van der Waals surface area contributed by atoms with Gasteiger partial charge >= 0.3 is 11.9 Å². The van der Waals surface area contributed by atoms with Crippen molar-refractivity contribution in [3.63, 3.8) is 0 Å². The Morgan fingerprint density at radius 1 is 1.16 bits per heavy atom. The minimum absolute atomic E-state index is 0.379. The van der Waals surface area contributed by atoms with E-state index in [-0.39, 0.29) is 0 Å². The third-order valence-electron chi connectivity index (χ3n) is 2.82. The topological polar surface area (TPSA) is 64.6 Å². The molecule has 0 spiro atoms. The molecule has 19 heavy (non-hydrogen) atoms. The number of hydrogen-bond donors (Lipinski definition) is 1. The van der Waals surface area contributed by atoms with Crippen LogP contribution in [0, 0.1) is 0 Å². The first-order valence-corrected chi connectivity index (χ1v) is 6.48. The summed E-state index contributed by atoms with van der Waals surface area (Å²) in [5.41, 5.74) is 1.62. The Balaban J connectivity index is 2.44. The number of ether oxygens (including phenoxy) is 2. The Bertz CT molecular complexity index is 513. The number of methoxy groups -OCH3 is 2. The van der Waals surface area contributed by atoms with Crippen molar-refractivity contribution in [1.29, 1.82) is 0 Å². The van der Waals surface area contributed by atoms with Gasteiger partial charge < -0.3 is 14.8 Å². The number of rotatable bonds is 3. The van der Waals surface area contributed by atoms with Gasteiger partial charge in [-0.3, -0.25) is 0 Å². The van der Waals surface area contributed by atoms with E-state index in [1.807, 2.05) is 16.8 Å². The Morgan fingerprint density at radius 2 is 1.74 bits per heavy atom. The van der Waals surface area contributed by atoms with Crippen molar-refractivity contribution in [3.05, 3.63) is 45.9 Å². The second-order valence-corrected chi connectivity index (χ2v) is 4.62. The molecule has 6 heteroatoms. The van der Waals surface area contributed by atoms with Crippen LogP contribution in [0.4, 0.5) is 0 Å². The van der Waals surface area contributed by atoms with Crippen molar-refractivity contribution in [1.82, 2.24) is 5.32 Å². The summed E-state index contributed by atoms with van der Waals surface area (Å²) in [4.78, 5) is 23.6. The molecule has 0 amide bonds. The molecule has 1 aromatic rings. The molecule has 0 saturated carbocycles. The van der Waals surface area contributed by atoms with Crippen LogP contribution in [-0.4, -0.2) is 26.2 Å². The van der Waals surface area contributed by atoms with Crippen molar-refractivity contribution < 1.29 is 19.1 Å². The summed E-state index contributed by atoms with van der Waals surface area (Å²) in [6, 6.07) is 1.87. The molecule has 2 rings (SSSR count). The second kappa shape index (κ2) is 5.71. The molecule has 2 heterocycles. The highest BCUT2D eigenvalue weighted by atomic mass is 32.1. The highest BCUT2D eigenvalue weighted by Gasteiger charge is 2.33. The largest absolute Gasteiger partial charge is 0.466 e. The molecule has 0 unspecified atom stereocenters. The zero-order valence-electron chi connectivity index (χ0n) is 10.5. The van der Waals surface area contributed by atoms with Gasteiger partial charge in [0.2, 0.25) is 0 Å². The van der Waals surface area contributed by atoms with Gasteiger partial charge in [-0.25, -0.2) is 9.59 Å². The summed E-state index contributed by atoms with van der Waals surface area (Å²) >= 11 is 1.50. The molecule has 0 fully saturated rings. The number of esters is 2. The fourth-order valence-electron chi connectivity index (χ4n) is 1.94. The lowest BCUT2D eigenvalue weighted by molar-refractivity contribution is -0.137. The number of dihydropyridines is 1. The number of carbonyl (C=O) groups is 2. The Labute approximate surface area is 114 Å². The molecule has 1 aromatic heterocycles. The molecule has 0 saturated heterocycles. The maximum atomic E-state index is 11.8. The first-order chi connectivity index (χ1) is 9.19. The molecule has 0 atom stereocenters. The molecule has 0 bridgehead atoms. The summed E-state index contributed by atoms with van der Waals surface area (Å²) in [5.74, 6) is -1.41. The number of hydrogen-bond acceptors (Lipinski definition) is 6. The predicted octanol–water partition coefficient (Wildman–Crippen LogP) is 1.55. The number of thiophene rings is 1. The van der Waals surface area contributed by atoms with Crippen LogP contribution < -0.4 is 5.32 Å². The summed E-state index contributed by atoms with van der Waals surface area (Å²) in [6.45, 7) is 0. The van der Waals surface area contributed by atoms with Crippen LogP contribution in [0.1, 0.15) is 11.5 Å². The first kappa shape index (κ1) is 13.4. The average molecular weight is 279 g/mol. The zero-order chi connectivity index (χ0) is 13.8. The van der Waals surface area contributed by atoms with Crippen LogP contribution in [0.25, 0.3) is 0 Å². The molecule has 100 valence electrons. The molecule has 0 aromatic carbocycles. The van der Waals surface area contributed by atoms with Crippen molar-refractivity contribution in [2.24, 2.45) is 0 Å². The first-order valence-electron chi connectivity index (χ1n) is 5.54. The summed E-state index contributed by atoms with van der Waals surface area (Å²) in [7, 11) is 2.62. The fraction of sp³-hybridized carbons (Fsp3) is 0.231. The normalized spacial score (nSPS) is 15.1. The highest BCUT2D eigenvalue weighted by Crippen LogP contribution is 2.35. The van der Waals surface area contributed by atoms with E-state index in [2.05, 4.69) is 5.32 Å². The molecule has 0 radical (unpaired) electrons. The molecule has 0 aliphatic carbocycles. The zero-order valence-corrected chi connectivity index (χ0v) is 11.3. The van der Waals surface area contributed by atoms with Crippen LogP contribution in [-0.2, 0) is 19.1 Å². The highest BCUT2D eigenvalue weighted by molar-refractivity contribution is 7.08. The molecular weight excluding hydrogens is 266 g/mol. The maximum absolute atomic E-state index is 11.8. The van der Waals surface area contributed by atoms with Gasteiger partial charge in [0.05, 0.1) is 31.3 Å². The van der Waals surface area contributed by atoms with Crippen molar-refractivity contribution in [3.8, 4) is 0 Å². The van der Waals surface area contributed by atoms with Gasteiger partial charge in [-0.05, 0) is 22.4 Å². The summed E-state index contributed by atoms with van der Waals surface area (Å²) < 4.78 is 9.51. The fourth-order valence-corrected chi connectivity index (χ4v) is 2.63. The average Bonchev–Trinajstić information content (AvgIpc) is 2.98.